The molecule has 0 heterocycles. The molecule has 0 fully saturated rings. The number of hydrogen-bond donors (Lipinski definition) is 4. The highest BCUT2D eigenvalue weighted by Gasteiger charge is 2.23. The smallest absolute Gasteiger partial charge is 0.326 e. The fourth-order valence-electron chi connectivity index (χ4n) is 1.76. The Morgan fingerprint density at radius 3 is 2.29 bits per heavy atom. The first-order valence-electron chi connectivity index (χ1n) is 6.44. The molecule has 114 valence electrons. The molecule has 1 aromatic carbocycles. The number of nitrogens with two attached hydrogens (primary N) is 1. The van der Waals surface area contributed by atoms with Crippen molar-refractivity contribution in [2.45, 2.75) is 31.3 Å². The second kappa shape index (κ2) is 8.01. The predicted molar refractivity (Wildman–Crippen MR) is 74.6 cm³/mol. The van der Waals surface area contributed by atoms with E-state index in [4.69, 9.17) is 15.9 Å². The molecule has 0 spiro atoms. The van der Waals surface area contributed by atoms with E-state index in [1.165, 1.54) is 0 Å². The number of amides is 1. The van der Waals surface area contributed by atoms with E-state index in [1.54, 1.807) is 0 Å². The van der Waals surface area contributed by atoms with Crippen molar-refractivity contribution in [2.24, 2.45) is 5.73 Å². The molecular weight excluding hydrogens is 276 g/mol. The maximum absolute atomic E-state index is 11.9. The van der Waals surface area contributed by atoms with Crippen molar-refractivity contribution in [1.29, 1.82) is 0 Å². The van der Waals surface area contributed by atoms with Gasteiger partial charge in [-0.15, -0.1) is 0 Å². The molecule has 7 heteroatoms. The summed E-state index contributed by atoms with van der Waals surface area (Å²) in [6.45, 7) is 0. The average molecular weight is 294 g/mol. The summed E-state index contributed by atoms with van der Waals surface area (Å²) in [6, 6.07) is 6.94. The van der Waals surface area contributed by atoms with Crippen LogP contribution in [0.15, 0.2) is 30.3 Å². The van der Waals surface area contributed by atoms with Gasteiger partial charge < -0.3 is 21.3 Å². The molecule has 5 N–H and O–H groups in total. The van der Waals surface area contributed by atoms with Gasteiger partial charge in [0.25, 0.3) is 0 Å². The van der Waals surface area contributed by atoms with E-state index in [9.17, 15) is 14.4 Å². The van der Waals surface area contributed by atoms with E-state index < -0.39 is 29.9 Å². The van der Waals surface area contributed by atoms with Crippen LogP contribution in [0.2, 0.25) is 0 Å². The monoisotopic (exact) mass is 294 g/mol. The molecule has 0 aromatic heterocycles. The summed E-state index contributed by atoms with van der Waals surface area (Å²) in [7, 11) is 0. The summed E-state index contributed by atoms with van der Waals surface area (Å²) in [5.74, 6) is -3.02. The van der Waals surface area contributed by atoms with Gasteiger partial charge in [-0.1, -0.05) is 30.3 Å². The lowest BCUT2D eigenvalue weighted by molar-refractivity contribution is -0.143. The van der Waals surface area contributed by atoms with Crippen LogP contribution in [0, 0.1) is 0 Å². The van der Waals surface area contributed by atoms with Gasteiger partial charge in [0.15, 0.2) is 0 Å². The van der Waals surface area contributed by atoms with Gasteiger partial charge in [0.05, 0.1) is 6.04 Å². The molecule has 0 saturated heterocycles. The third-order valence-electron chi connectivity index (χ3n) is 2.90. The predicted octanol–water partition coefficient (Wildman–Crippen LogP) is -0.00940. The van der Waals surface area contributed by atoms with E-state index in [2.05, 4.69) is 5.32 Å². The van der Waals surface area contributed by atoms with E-state index in [-0.39, 0.29) is 19.3 Å². The fraction of sp³-hybridized carbons (Fsp3) is 0.357. The lowest BCUT2D eigenvalue weighted by Gasteiger charge is -2.17. The van der Waals surface area contributed by atoms with E-state index in [1.807, 2.05) is 30.3 Å². The van der Waals surface area contributed by atoms with E-state index in [0.29, 0.717) is 0 Å². The van der Waals surface area contributed by atoms with Gasteiger partial charge in [-0.2, -0.15) is 0 Å². The molecule has 2 atom stereocenters. The van der Waals surface area contributed by atoms with Crippen LogP contribution < -0.4 is 11.1 Å². The largest absolute Gasteiger partial charge is 0.481 e. The maximum Gasteiger partial charge on any atom is 0.326 e. The van der Waals surface area contributed by atoms with Crippen molar-refractivity contribution in [3.8, 4) is 0 Å². The highest BCUT2D eigenvalue weighted by atomic mass is 16.4. The Kier molecular flexibility index (Phi) is 6.35. The van der Waals surface area contributed by atoms with Gasteiger partial charge in [0, 0.05) is 6.42 Å². The Balaban J connectivity index is 2.56. The minimum Gasteiger partial charge on any atom is -0.481 e. The number of rotatable bonds is 8. The SMILES string of the molecule is N[C@@H](Cc1ccccc1)C(=O)NC(CCC(=O)O)C(=O)O. The van der Waals surface area contributed by atoms with Gasteiger partial charge >= 0.3 is 11.9 Å². The van der Waals surface area contributed by atoms with E-state index in [0.717, 1.165) is 5.56 Å². The summed E-state index contributed by atoms with van der Waals surface area (Å²) in [4.78, 5) is 33.3. The number of hydrogen-bond acceptors (Lipinski definition) is 4. The first kappa shape index (κ1) is 16.6. The number of carboxylic acid groups (broad SMARTS) is 2. The molecule has 1 rings (SSSR count). The van der Waals surface area contributed by atoms with Crippen LogP contribution in [0.1, 0.15) is 18.4 Å². The normalized spacial score (nSPS) is 13.2. The van der Waals surface area contributed by atoms with Crippen molar-refractivity contribution in [2.75, 3.05) is 0 Å². The third-order valence-corrected chi connectivity index (χ3v) is 2.90. The van der Waals surface area contributed by atoms with E-state index >= 15 is 0 Å². The lowest BCUT2D eigenvalue weighted by atomic mass is 10.1. The Morgan fingerprint density at radius 1 is 1.14 bits per heavy atom. The number of carbonyl (C=O) groups is 3. The summed E-state index contributed by atoms with van der Waals surface area (Å²) >= 11 is 0. The van der Waals surface area contributed by atoms with Crippen LogP contribution >= 0.6 is 0 Å². The molecule has 1 amide bonds. The molecule has 0 aliphatic rings. The quantitative estimate of drug-likeness (QED) is 0.533. The first-order chi connectivity index (χ1) is 9.90. The zero-order valence-electron chi connectivity index (χ0n) is 11.4. The highest BCUT2D eigenvalue weighted by molar-refractivity contribution is 5.87. The van der Waals surface area contributed by atoms with Gasteiger partial charge in [0.1, 0.15) is 6.04 Å². The summed E-state index contributed by atoms with van der Waals surface area (Å²) in [6.07, 6.45) is -0.252. The van der Waals surface area contributed by atoms with Crippen molar-refractivity contribution in [3.63, 3.8) is 0 Å². The van der Waals surface area contributed by atoms with Crippen molar-refractivity contribution in [3.05, 3.63) is 35.9 Å². The summed E-state index contributed by atoms with van der Waals surface area (Å²) in [5.41, 5.74) is 6.59. The van der Waals surface area contributed by atoms with Crippen molar-refractivity contribution in [1.82, 2.24) is 5.32 Å². The fourth-order valence-corrected chi connectivity index (χ4v) is 1.76. The Hall–Kier alpha value is -2.41. The molecule has 7 nitrogen and oxygen atoms in total. The van der Waals surface area contributed by atoms with Crippen LogP contribution in [0.5, 0.6) is 0 Å². The molecule has 0 aliphatic carbocycles. The van der Waals surface area contributed by atoms with Crippen LogP contribution in [0.4, 0.5) is 0 Å². The minimum absolute atomic E-state index is 0.186. The highest BCUT2D eigenvalue weighted by Crippen LogP contribution is 2.03. The summed E-state index contributed by atoms with van der Waals surface area (Å²) < 4.78 is 0. The lowest BCUT2D eigenvalue weighted by Crippen LogP contribution is -2.49. The van der Waals surface area contributed by atoms with Gasteiger partial charge in [-0.3, -0.25) is 9.59 Å². The number of carbonyl (C=O) groups excluding carboxylic acids is 1. The molecule has 21 heavy (non-hydrogen) atoms. The Labute approximate surface area is 121 Å². The zero-order valence-corrected chi connectivity index (χ0v) is 11.4. The second-order valence-electron chi connectivity index (χ2n) is 4.63. The van der Waals surface area contributed by atoms with Crippen molar-refractivity contribution < 1.29 is 24.6 Å². The standard InChI is InChI=1S/C14H18N2O5/c15-10(8-9-4-2-1-3-5-9)13(19)16-11(14(20)21)6-7-12(17)18/h1-5,10-11H,6-8,15H2,(H,16,19)(H,17,18)(H,20,21)/t10-,11?/m0/s1. The molecule has 0 aliphatic heterocycles. The number of carboxylic acids is 2. The third kappa shape index (κ3) is 6.05. The molecular formula is C14H18N2O5. The number of nitrogens with one attached hydrogen (secondary N) is 1. The average Bonchev–Trinajstić information content (AvgIpc) is 2.43. The van der Waals surface area contributed by atoms with Gasteiger partial charge in [-0.05, 0) is 18.4 Å². The van der Waals surface area contributed by atoms with Crippen molar-refractivity contribution >= 4 is 17.8 Å². The van der Waals surface area contributed by atoms with Gasteiger partial charge in [0.2, 0.25) is 5.91 Å². The first-order valence-corrected chi connectivity index (χ1v) is 6.44. The number of benzene rings is 1. The van der Waals surface area contributed by atoms with Crippen LogP contribution in [-0.2, 0) is 20.8 Å². The van der Waals surface area contributed by atoms with Crippen LogP contribution in [0.3, 0.4) is 0 Å². The van der Waals surface area contributed by atoms with Crippen LogP contribution in [0.25, 0.3) is 0 Å². The molecule has 1 aromatic rings. The van der Waals surface area contributed by atoms with Gasteiger partial charge in [-0.25, -0.2) is 4.79 Å². The topological polar surface area (TPSA) is 130 Å². The molecule has 1 unspecified atom stereocenters. The minimum atomic E-state index is -1.28. The Morgan fingerprint density at radius 2 is 1.76 bits per heavy atom. The zero-order chi connectivity index (χ0) is 15.8. The second-order valence-corrected chi connectivity index (χ2v) is 4.63. The number of aliphatic carboxylic acids is 2. The molecule has 0 bridgehead atoms. The Bertz CT molecular complexity index is 503. The molecule has 0 saturated carbocycles. The van der Waals surface area contributed by atoms with Crippen LogP contribution in [-0.4, -0.2) is 40.1 Å². The maximum atomic E-state index is 11.9. The summed E-state index contributed by atoms with van der Waals surface area (Å²) in [5, 5.41) is 19.8. The molecule has 0 radical (unpaired) electrons.